The largest absolute Gasteiger partial charge is 0.216 e. The van der Waals surface area contributed by atoms with Gasteiger partial charge in [-0.05, 0) is 40.1 Å². The molecule has 1 N–H and O–H groups in total. The summed E-state index contributed by atoms with van der Waals surface area (Å²) < 4.78 is 27.0. The summed E-state index contributed by atoms with van der Waals surface area (Å²) >= 11 is 5.89. The fourth-order valence-electron chi connectivity index (χ4n) is 2.44. The highest BCUT2D eigenvalue weighted by molar-refractivity contribution is 7.88. The molecule has 0 aliphatic rings. The molecule has 0 radical (unpaired) electrons. The zero-order chi connectivity index (χ0) is 16.3. The third-order valence-electron chi connectivity index (χ3n) is 3.56. The first-order valence-corrected chi connectivity index (χ1v) is 9.24. The number of benzene rings is 3. The molecule has 0 atom stereocenters. The Balaban J connectivity index is 1.70. The number of sulfonamides is 1. The molecule has 0 saturated carbocycles. The molecular weight excluding hydrogens is 330 g/mol. The van der Waals surface area contributed by atoms with Crippen molar-refractivity contribution in [2.24, 2.45) is 0 Å². The van der Waals surface area contributed by atoms with Crippen LogP contribution in [-0.2, 0) is 22.3 Å². The van der Waals surface area contributed by atoms with Crippen molar-refractivity contribution in [2.45, 2.75) is 12.3 Å². The Bertz CT molecular complexity index is 938. The molecule has 23 heavy (non-hydrogen) atoms. The highest BCUT2D eigenvalue weighted by atomic mass is 35.5. The third-order valence-corrected chi connectivity index (χ3v) is 5.09. The predicted molar refractivity (Wildman–Crippen MR) is 94.9 cm³/mol. The van der Waals surface area contributed by atoms with Gasteiger partial charge in [-0.25, -0.2) is 13.1 Å². The molecule has 0 aliphatic carbocycles. The van der Waals surface area contributed by atoms with Gasteiger partial charge in [-0.3, -0.25) is 0 Å². The first-order valence-electron chi connectivity index (χ1n) is 7.21. The Kier molecular flexibility index (Phi) is 4.66. The van der Waals surface area contributed by atoms with Crippen LogP contribution in [0.4, 0.5) is 0 Å². The van der Waals surface area contributed by atoms with Gasteiger partial charge in [-0.1, -0.05) is 60.1 Å². The molecule has 0 unspecified atom stereocenters. The van der Waals surface area contributed by atoms with E-state index >= 15 is 0 Å². The van der Waals surface area contributed by atoms with E-state index in [0.717, 1.165) is 16.3 Å². The standard InChI is InChI=1S/C18H16ClNO2S/c19-18-7-3-4-15(11-18)13-23(21,22)20-12-14-8-9-16-5-1-2-6-17(16)10-14/h1-11,20H,12-13H2. The Labute approximate surface area is 141 Å². The molecular formula is C18H16ClNO2S. The smallest absolute Gasteiger partial charge is 0.212 e. The van der Waals surface area contributed by atoms with Gasteiger partial charge in [0, 0.05) is 11.6 Å². The van der Waals surface area contributed by atoms with Crippen LogP contribution in [0.1, 0.15) is 11.1 Å². The Morgan fingerprint density at radius 1 is 0.826 bits per heavy atom. The van der Waals surface area contributed by atoms with Crippen molar-refractivity contribution in [1.29, 1.82) is 0 Å². The maximum absolute atomic E-state index is 12.2. The van der Waals surface area contributed by atoms with Gasteiger partial charge in [0.1, 0.15) is 0 Å². The third kappa shape index (κ3) is 4.32. The zero-order valence-electron chi connectivity index (χ0n) is 12.4. The topological polar surface area (TPSA) is 46.2 Å². The SMILES string of the molecule is O=S(=O)(Cc1cccc(Cl)c1)NCc1ccc2ccccc2c1. The second kappa shape index (κ2) is 6.71. The summed E-state index contributed by atoms with van der Waals surface area (Å²) in [5, 5.41) is 2.77. The lowest BCUT2D eigenvalue weighted by Gasteiger charge is -2.08. The fraction of sp³-hybridized carbons (Fsp3) is 0.111. The highest BCUT2D eigenvalue weighted by Gasteiger charge is 2.11. The van der Waals surface area contributed by atoms with Gasteiger partial charge in [0.15, 0.2) is 0 Å². The number of hydrogen-bond acceptors (Lipinski definition) is 2. The molecule has 0 amide bonds. The molecule has 5 heteroatoms. The van der Waals surface area contributed by atoms with Crippen LogP contribution in [0.2, 0.25) is 5.02 Å². The van der Waals surface area contributed by atoms with E-state index < -0.39 is 10.0 Å². The van der Waals surface area contributed by atoms with Crippen LogP contribution < -0.4 is 4.72 Å². The van der Waals surface area contributed by atoms with Crippen LogP contribution in [0, 0.1) is 0 Å². The second-order valence-electron chi connectivity index (χ2n) is 5.39. The van der Waals surface area contributed by atoms with Crippen LogP contribution in [0.5, 0.6) is 0 Å². The molecule has 3 nitrogen and oxygen atoms in total. The van der Waals surface area contributed by atoms with E-state index in [0.29, 0.717) is 10.6 Å². The van der Waals surface area contributed by atoms with Crippen molar-refractivity contribution in [3.63, 3.8) is 0 Å². The molecule has 0 aromatic heterocycles. The van der Waals surface area contributed by atoms with Crippen LogP contribution in [0.25, 0.3) is 10.8 Å². The molecule has 118 valence electrons. The predicted octanol–water partition coefficient (Wildman–Crippen LogP) is 4.11. The van der Waals surface area contributed by atoms with Crippen molar-refractivity contribution >= 4 is 32.4 Å². The van der Waals surface area contributed by atoms with E-state index in [1.165, 1.54) is 0 Å². The first kappa shape index (κ1) is 16.0. The minimum atomic E-state index is -3.41. The molecule has 0 spiro atoms. The van der Waals surface area contributed by atoms with Crippen molar-refractivity contribution in [3.05, 3.63) is 82.9 Å². The summed E-state index contributed by atoms with van der Waals surface area (Å²) in [5.41, 5.74) is 1.60. The van der Waals surface area contributed by atoms with Crippen LogP contribution in [0.15, 0.2) is 66.7 Å². The monoisotopic (exact) mass is 345 g/mol. The number of nitrogens with one attached hydrogen (secondary N) is 1. The summed E-state index contributed by atoms with van der Waals surface area (Å²) in [6, 6.07) is 20.8. The molecule has 0 bridgehead atoms. The second-order valence-corrected chi connectivity index (χ2v) is 7.63. The van der Waals surface area contributed by atoms with E-state index in [1.54, 1.807) is 24.3 Å². The van der Waals surface area contributed by atoms with Gasteiger partial charge in [0.2, 0.25) is 10.0 Å². The highest BCUT2D eigenvalue weighted by Crippen LogP contribution is 2.16. The minimum Gasteiger partial charge on any atom is -0.212 e. The molecule has 3 rings (SSSR count). The van der Waals surface area contributed by atoms with Gasteiger partial charge in [-0.2, -0.15) is 0 Å². The fourth-order valence-corrected chi connectivity index (χ4v) is 3.76. The van der Waals surface area contributed by atoms with Gasteiger partial charge in [0.25, 0.3) is 0 Å². The Morgan fingerprint density at radius 3 is 2.39 bits per heavy atom. The minimum absolute atomic E-state index is 0.0822. The van der Waals surface area contributed by atoms with Crippen molar-refractivity contribution in [2.75, 3.05) is 0 Å². The van der Waals surface area contributed by atoms with Gasteiger partial charge < -0.3 is 0 Å². The van der Waals surface area contributed by atoms with E-state index in [-0.39, 0.29) is 12.3 Å². The number of rotatable bonds is 5. The summed E-state index contributed by atoms with van der Waals surface area (Å²) in [5.74, 6) is -0.0822. The molecule has 3 aromatic rings. The van der Waals surface area contributed by atoms with Crippen LogP contribution in [0.3, 0.4) is 0 Å². The number of halogens is 1. The van der Waals surface area contributed by atoms with Gasteiger partial charge >= 0.3 is 0 Å². The number of hydrogen-bond donors (Lipinski definition) is 1. The summed E-state index contributed by atoms with van der Waals surface area (Å²) in [6.07, 6.45) is 0. The maximum Gasteiger partial charge on any atom is 0.216 e. The van der Waals surface area contributed by atoms with Crippen LogP contribution >= 0.6 is 11.6 Å². The van der Waals surface area contributed by atoms with E-state index in [2.05, 4.69) is 4.72 Å². The average molecular weight is 346 g/mol. The van der Waals surface area contributed by atoms with Crippen LogP contribution in [-0.4, -0.2) is 8.42 Å². The summed E-state index contributed by atoms with van der Waals surface area (Å²) in [7, 11) is -3.41. The molecule has 3 aromatic carbocycles. The Morgan fingerprint density at radius 2 is 1.61 bits per heavy atom. The average Bonchev–Trinajstić information content (AvgIpc) is 2.52. The summed E-state index contributed by atoms with van der Waals surface area (Å²) in [6.45, 7) is 0.272. The lowest BCUT2D eigenvalue weighted by Crippen LogP contribution is -2.24. The van der Waals surface area contributed by atoms with Gasteiger partial charge in [0.05, 0.1) is 5.75 Å². The van der Waals surface area contributed by atoms with Crippen molar-refractivity contribution in [1.82, 2.24) is 4.72 Å². The molecule has 0 fully saturated rings. The quantitative estimate of drug-likeness (QED) is 0.756. The molecule has 0 saturated heterocycles. The van der Waals surface area contributed by atoms with E-state index in [9.17, 15) is 8.42 Å². The zero-order valence-corrected chi connectivity index (χ0v) is 13.9. The van der Waals surface area contributed by atoms with E-state index in [1.807, 2.05) is 42.5 Å². The van der Waals surface area contributed by atoms with Crippen molar-refractivity contribution < 1.29 is 8.42 Å². The lowest BCUT2D eigenvalue weighted by molar-refractivity contribution is 0.580. The molecule has 0 aliphatic heterocycles. The Hall–Kier alpha value is -1.88. The van der Waals surface area contributed by atoms with E-state index in [4.69, 9.17) is 11.6 Å². The first-order chi connectivity index (χ1) is 11.0. The van der Waals surface area contributed by atoms with Gasteiger partial charge in [-0.15, -0.1) is 0 Å². The lowest BCUT2D eigenvalue weighted by atomic mass is 10.1. The maximum atomic E-state index is 12.2. The normalized spacial score (nSPS) is 11.7. The van der Waals surface area contributed by atoms with Crippen molar-refractivity contribution in [3.8, 4) is 0 Å². The summed E-state index contributed by atoms with van der Waals surface area (Å²) in [4.78, 5) is 0. The molecule has 0 heterocycles. The number of fused-ring (bicyclic) bond motifs is 1.